The van der Waals surface area contributed by atoms with Crippen LogP contribution in [0.2, 0.25) is 0 Å². The van der Waals surface area contributed by atoms with Gasteiger partial charge in [-0.05, 0) is 18.6 Å². The highest BCUT2D eigenvalue weighted by Gasteiger charge is 2.05. The van der Waals surface area contributed by atoms with Gasteiger partial charge in [0.05, 0.1) is 0 Å². The summed E-state index contributed by atoms with van der Waals surface area (Å²) in [5.74, 6) is 0.370. The molecule has 0 fully saturated rings. The van der Waals surface area contributed by atoms with E-state index in [1.807, 2.05) is 12.1 Å². The Bertz CT molecular complexity index is 608. The Balaban J connectivity index is 1.51. The van der Waals surface area contributed by atoms with E-state index in [9.17, 15) is 5.11 Å². The summed E-state index contributed by atoms with van der Waals surface area (Å²) in [5, 5.41) is 11.9. The molecule has 0 aliphatic heterocycles. The molecule has 0 amide bonds. The fourth-order valence-electron chi connectivity index (χ4n) is 3.53. The number of rotatable bonds is 13. The molecule has 1 aromatic carbocycles. The number of phenolic OH excluding ortho intramolecular Hbond substituents is 1. The quantitative estimate of drug-likeness (QED) is 0.324. The second-order valence-corrected chi connectivity index (χ2v) is 7.35. The maximum atomic E-state index is 9.84. The maximum absolute atomic E-state index is 9.84. The van der Waals surface area contributed by atoms with E-state index in [2.05, 4.69) is 30.0 Å². The molecule has 0 spiro atoms. The van der Waals surface area contributed by atoms with Gasteiger partial charge in [0.2, 0.25) is 0 Å². The van der Waals surface area contributed by atoms with E-state index in [1.54, 1.807) is 6.07 Å². The average molecular weight is 343 g/mol. The van der Waals surface area contributed by atoms with Crippen molar-refractivity contribution >= 4 is 10.8 Å². The molecule has 0 radical (unpaired) electrons. The summed E-state index contributed by atoms with van der Waals surface area (Å²) in [6, 6.07) is 7.74. The number of hydrogen-bond acceptors (Lipinski definition) is 1. The Morgan fingerprint density at radius 3 is 2.00 bits per heavy atom. The molecule has 1 N–H and O–H groups in total. The van der Waals surface area contributed by atoms with E-state index < -0.39 is 0 Å². The zero-order chi connectivity index (χ0) is 17.7. The lowest BCUT2D eigenvalue weighted by Crippen LogP contribution is -2.32. The monoisotopic (exact) mass is 342 g/mol. The number of aromatic hydroxyl groups is 1. The van der Waals surface area contributed by atoms with Crippen LogP contribution in [0.25, 0.3) is 10.8 Å². The zero-order valence-electron chi connectivity index (χ0n) is 16.1. The van der Waals surface area contributed by atoms with Gasteiger partial charge in [-0.2, -0.15) is 0 Å². The molecule has 2 nitrogen and oxygen atoms in total. The molecule has 2 aromatic rings. The average Bonchev–Trinajstić information content (AvgIpc) is 2.63. The molecular formula is C23H36NO+. The Morgan fingerprint density at radius 2 is 1.36 bits per heavy atom. The van der Waals surface area contributed by atoms with Gasteiger partial charge in [0.15, 0.2) is 12.4 Å². The molecule has 0 unspecified atom stereocenters. The van der Waals surface area contributed by atoms with Crippen molar-refractivity contribution in [1.29, 1.82) is 0 Å². The second-order valence-electron chi connectivity index (χ2n) is 7.35. The molecule has 138 valence electrons. The van der Waals surface area contributed by atoms with E-state index in [-0.39, 0.29) is 0 Å². The van der Waals surface area contributed by atoms with Crippen molar-refractivity contribution in [3.8, 4) is 5.75 Å². The van der Waals surface area contributed by atoms with Crippen molar-refractivity contribution in [1.82, 2.24) is 0 Å². The molecule has 1 heterocycles. The van der Waals surface area contributed by atoms with Gasteiger partial charge >= 0.3 is 0 Å². The standard InChI is InChI=1S/C23H35NO/c1-2-3-4-5-6-7-8-9-10-11-12-13-18-24-19-17-22-21(20-24)15-14-16-23(22)25/h14-17,19-20H,2-13,18H2,1H3/p+1. The molecule has 0 bridgehead atoms. The first-order valence-electron chi connectivity index (χ1n) is 10.4. The van der Waals surface area contributed by atoms with Crippen LogP contribution in [-0.4, -0.2) is 5.11 Å². The molecule has 0 saturated heterocycles. The minimum absolute atomic E-state index is 0.370. The summed E-state index contributed by atoms with van der Waals surface area (Å²) in [4.78, 5) is 0. The van der Waals surface area contributed by atoms with Crippen LogP contribution in [0.4, 0.5) is 0 Å². The lowest BCUT2D eigenvalue weighted by Gasteiger charge is -2.03. The van der Waals surface area contributed by atoms with E-state index in [1.165, 1.54) is 77.0 Å². The largest absolute Gasteiger partial charge is 0.507 e. The number of fused-ring (bicyclic) bond motifs is 1. The van der Waals surface area contributed by atoms with Crippen molar-refractivity contribution in [3.63, 3.8) is 0 Å². The van der Waals surface area contributed by atoms with Crippen LogP contribution in [0.1, 0.15) is 84.0 Å². The zero-order valence-corrected chi connectivity index (χ0v) is 16.1. The highest BCUT2D eigenvalue weighted by molar-refractivity contribution is 5.86. The topological polar surface area (TPSA) is 24.1 Å². The summed E-state index contributed by atoms with van der Waals surface area (Å²) in [6.45, 7) is 3.35. The maximum Gasteiger partial charge on any atom is 0.176 e. The van der Waals surface area contributed by atoms with Gasteiger partial charge in [0, 0.05) is 23.3 Å². The van der Waals surface area contributed by atoms with Crippen LogP contribution in [0.5, 0.6) is 5.75 Å². The third-order valence-corrected chi connectivity index (χ3v) is 5.12. The summed E-state index contributed by atoms with van der Waals surface area (Å²) < 4.78 is 2.25. The molecule has 25 heavy (non-hydrogen) atoms. The fourth-order valence-corrected chi connectivity index (χ4v) is 3.53. The number of benzene rings is 1. The van der Waals surface area contributed by atoms with Gasteiger partial charge < -0.3 is 5.11 Å². The molecule has 1 aromatic heterocycles. The van der Waals surface area contributed by atoms with E-state index in [4.69, 9.17) is 0 Å². The minimum atomic E-state index is 0.370. The molecule has 0 aliphatic carbocycles. The summed E-state index contributed by atoms with van der Waals surface area (Å²) in [7, 11) is 0. The second kappa shape index (κ2) is 11.9. The van der Waals surface area contributed by atoms with Crippen LogP contribution in [-0.2, 0) is 6.54 Å². The minimum Gasteiger partial charge on any atom is -0.507 e. The number of pyridine rings is 1. The smallest absolute Gasteiger partial charge is 0.176 e. The first-order chi connectivity index (χ1) is 12.3. The van der Waals surface area contributed by atoms with Crippen molar-refractivity contribution < 1.29 is 9.67 Å². The van der Waals surface area contributed by atoms with Crippen LogP contribution in [0.15, 0.2) is 36.7 Å². The van der Waals surface area contributed by atoms with Crippen molar-refractivity contribution in [2.45, 2.75) is 90.5 Å². The lowest BCUT2D eigenvalue weighted by atomic mass is 10.1. The van der Waals surface area contributed by atoms with Crippen LogP contribution in [0, 0.1) is 0 Å². The number of unbranched alkanes of at least 4 members (excludes halogenated alkanes) is 11. The van der Waals surface area contributed by atoms with Crippen LogP contribution >= 0.6 is 0 Å². The van der Waals surface area contributed by atoms with Crippen molar-refractivity contribution in [2.24, 2.45) is 0 Å². The SMILES string of the molecule is CCCCCCCCCCCCCC[n+]1ccc2c(O)cccc2c1. The number of nitrogens with zero attached hydrogens (tertiary/aromatic N) is 1. The van der Waals surface area contributed by atoms with Crippen LogP contribution < -0.4 is 4.57 Å². The first kappa shape index (κ1) is 19.8. The fraction of sp³-hybridized carbons (Fsp3) is 0.609. The van der Waals surface area contributed by atoms with Crippen molar-refractivity contribution in [2.75, 3.05) is 0 Å². The Labute approximate surface area is 153 Å². The summed E-state index contributed by atoms with van der Waals surface area (Å²) in [5.41, 5.74) is 0. The molecule has 0 saturated carbocycles. The normalized spacial score (nSPS) is 11.2. The number of aryl methyl sites for hydroxylation is 1. The van der Waals surface area contributed by atoms with Gasteiger partial charge in [-0.15, -0.1) is 0 Å². The van der Waals surface area contributed by atoms with E-state index in [0.29, 0.717) is 5.75 Å². The lowest BCUT2D eigenvalue weighted by molar-refractivity contribution is -0.696. The summed E-state index contributed by atoms with van der Waals surface area (Å²) in [6.07, 6.45) is 20.9. The highest BCUT2D eigenvalue weighted by atomic mass is 16.3. The Kier molecular flexibility index (Phi) is 9.40. The predicted octanol–water partition coefficient (Wildman–Crippen LogP) is 6.53. The number of aromatic nitrogens is 1. The van der Waals surface area contributed by atoms with Gasteiger partial charge in [0.1, 0.15) is 12.3 Å². The third kappa shape index (κ3) is 7.46. The third-order valence-electron chi connectivity index (χ3n) is 5.12. The number of phenols is 1. The van der Waals surface area contributed by atoms with Crippen LogP contribution in [0.3, 0.4) is 0 Å². The highest BCUT2D eigenvalue weighted by Crippen LogP contribution is 2.22. The molecule has 2 heteroatoms. The molecule has 0 aliphatic rings. The van der Waals surface area contributed by atoms with Gasteiger partial charge in [-0.25, -0.2) is 4.57 Å². The van der Waals surface area contributed by atoms with Gasteiger partial charge in [-0.1, -0.05) is 77.2 Å². The van der Waals surface area contributed by atoms with Crippen molar-refractivity contribution in [3.05, 3.63) is 36.7 Å². The van der Waals surface area contributed by atoms with Gasteiger partial charge in [-0.3, -0.25) is 0 Å². The van der Waals surface area contributed by atoms with E-state index >= 15 is 0 Å². The van der Waals surface area contributed by atoms with E-state index in [0.717, 1.165) is 17.3 Å². The first-order valence-corrected chi connectivity index (χ1v) is 10.4. The number of hydrogen-bond donors (Lipinski definition) is 1. The Hall–Kier alpha value is -1.57. The molecular weight excluding hydrogens is 306 g/mol. The summed E-state index contributed by atoms with van der Waals surface area (Å²) >= 11 is 0. The molecule has 0 atom stereocenters. The molecule has 2 rings (SSSR count). The van der Waals surface area contributed by atoms with Gasteiger partial charge in [0.25, 0.3) is 0 Å². The Morgan fingerprint density at radius 1 is 0.760 bits per heavy atom. The predicted molar refractivity (Wildman–Crippen MR) is 107 cm³/mol.